The number of aliphatic hydroxyl groups excluding tert-OH is 1. The number of unbranched alkanes of at least 4 members (excludes halogenated alkanes) is 37. The maximum absolute atomic E-state index is 13.1. The molecule has 0 heterocycles. The van der Waals surface area contributed by atoms with E-state index in [-0.39, 0.29) is 25.7 Å². The van der Waals surface area contributed by atoms with Crippen LogP contribution in [-0.2, 0) is 65.4 Å². The molecule has 0 aliphatic heterocycles. The molecule has 95 heavy (non-hydrogen) atoms. The Labute approximate surface area is 581 Å². The monoisotopic (exact) mass is 1400 g/mol. The van der Waals surface area contributed by atoms with Crippen molar-refractivity contribution in [2.24, 2.45) is 23.7 Å². The van der Waals surface area contributed by atoms with Gasteiger partial charge in [-0.25, -0.2) is 9.13 Å². The molecule has 0 aromatic carbocycles. The average Bonchev–Trinajstić information content (AvgIpc) is 2.09. The second kappa shape index (κ2) is 65.4. The molecule has 0 aromatic rings. The summed E-state index contributed by atoms with van der Waals surface area (Å²) in [5.74, 6) is 0.976. The third-order valence-corrected chi connectivity index (χ3v) is 20.2. The van der Waals surface area contributed by atoms with Gasteiger partial charge in [0, 0.05) is 25.7 Å². The third-order valence-electron chi connectivity index (χ3n) is 18.3. The number of hydrogen-bond donors (Lipinski definition) is 3. The highest BCUT2D eigenvalue weighted by molar-refractivity contribution is 7.47. The second-order valence-electron chi connectivity index (χ2n) is 28.8. The molecule has 564 valence electrons. The topological polar surface area (TPSA) is 237 Å². The number of esters is 4. The van der Waals surface area contributed by atoms with Crippen molar-refractivity contribution in [3.8, 4) is 0 Å². The van der Waals surface area contributed by atoms with Crippen LogP contribution in [0.5, 0.6) is 0 Å². The Morgan fingerprint density at radius 1 is 0.295 bits per heavy atom. The molecule has 0 aliphatic rings. The lowest BCUT2D eigenvalue weighted by Crippen LogP contribution is -2.30. The lowest BCUT2D eigenvalue weighted by atomic mass is 9.99. The van der Waals surface area contributed by atoms with Crippen molar-refractivity contribution in [1.82, 2.24) is 0 Å². The number of carbonyl (C=O) groups excluding carboxylic acids is 4. The molecule has 0 bridgehead atoms. The Balaban J connectivity index is 5.24. The smallest absolute Gasteiger partial charge is 0.462 e. The normalized spacial score (nSPS) is 14.7. The van der Waals surface area contributed by atoms with Gasteiger partial charge in [0.05, 0.1) is 26.4 Å². The lowest BCUT2D eigenvalue weighted by Gasteiger charge is -2.21. The van der Waals surface area contributed by atoms with Crippen molar-refractivity contribution in [2.75, 3.05) is 39.6 Å². The van der Waals surface area contributed by atoms with E-state index in [4.69, 9.17) is 37.0 Å². The summed E-state index contributed by atoms with van der Waals surface area (Å²) in [7, 11) is -9.91. The van der Waals surface area contributed by atoms with Gasteiger partial charge < -0.3 is 33.8 Å². The highest BCUT2D eigenvalue weighted by Crippen LogP contribution is 2.45. The van der Waals surface area contributed by atoms with Gasteiger partial charge in [-0.1, -0.05) is 331 Å². The molecule has 0 radical (unpaired) electrons. The Morgan fingerprint density at radius 2 is 0.505 bits per heavy atom. The SMILES string of the molecule is CCC(C)CCCCCCCCCCCCCCCCC(=O)O[C@H](COC(=O)CCCCCCCCC(C)CC)COP(=O)(O)OC[C@H](O)COP(=O)(O)OC[C@@H](COC(=O)CCCCCCCCCCCC(C)C)OC(=O)CCCCCCCCCCCCCCC(C)C. The number of rotatable bonds is 73. The molecule has 0 saturated carbocycles. The molecule has 7 atom stereocenters. The van der Waals surface area contributed by atoms with Crippen molar-refractivity contribution in [2.45, 2.75) is 401 Å². The minimum absolute atomic E-state index is 0.106. The summed E-state index contributed by atoms with van der Waals surface area (Å²) in [5.41, 5.74) is 0. The van der Waals surface area contributed by atoms with Crippen LogP contribution >= 0.6 is 15.6 Å². The highest BCUT2D eigenvalue weighted by atomic mass is 31.2. The standard InChI is InChI=1S/C76H148O17P2/c1-9-68(7)54-46-38-30-24-18-13-11-12-14-19-25-32-42-50-58-76(81)93-72(63-87-74(79)57-49-41-35-34-39-47-55-69(8)10-2)65-91-95(84,85)89-61-70(77)60-88-94(82,83)90-64-71(62-86-73(78)56-48-40-31-27-21-23-29-37-45-53-67(5)6)92-75(80)59-51-43-33-26-20-16-15-17-22-28-36-44-52-66(3)4/h66-72,77H,9-65H2,1-8H3,(H,82,83)(H,84,85)/t68?,69?,70-,71-,72-/m1/s1. The first-order valence-electron chi connectivity index (χ1n) is 39.3. The highest BCUT2D eigenvalue weighted by Gasteiger charge is 2.30. The molecular formula is C76H148O17P2. The van der Waals surface area contributed by atoms with Crippen LogP contribution in [0.4, 0.5) is 0 Å². The molecule has 0 spiro atoms. The van der Waals surface area contributed by atoms with Crippen molar-refractivity contribution in [3.63, 3.8) is 0 Å². The molecule has 3 N–H and O–H groups in total. The van der Waals surface area contributed by atoms with Crippen LogP contribution in [-0.4, -0.2) is 96.7 Å². The molecule has 0 fully saturated rings. The van der Waals surface area contributed by atoms with Gasteiger partial charge in [-0.05, 0) is 49.4 Å². The van der Waals surface area contributed by atoms with E-state index in [2.05, 4.69) is 55.4 Å². The first kappa shape index (κ1) is 93.1. The number of hydrogen-bond acceptors (Lipinski definition) is 15. The zero-order valence-corrected chi connectivity index (χ0v) is 64.1. The zero-order chi connectivity index (χ0) is 70.3. The Kier molecular flexibility index (Phi) is 64.0. The van der Waals surface area contributed by atoms with E-state index in [1.807, 2.05) is 0 Å². The number of carbonyl (C=O) groups is 4. The molecule has 0 aromatic heterocycles. The van der Waals surface area contributed by atoms with Gasteiger partial charge in [-0.2, -0.15) is 0 Å². The van der Waals surface area contributed by atoms with Gasteiger partial charge in [0.2, 0.25) is 0 Å². The molecule has 0 rings (SSSR count). The zero-order valence-electron chi connectivity index (χ0n) is 62.3. The molecule has 4 unspecified atom stereocenters. The fourth-order valence-electron chi connectivity index (χ4n) is 11.5. The summed E-state index contributed by atoms with van der Waals surface area (Å²) in [4.78, 5) is 72.8. The lowest BCUT2D eigenvalue weighted by molar-refractivity contribution is -0.161. The number of phosphoric ester groups is 2. The Morgan fingerprint density at radius 3 is 0.747 bits per heavy atom. The van der Waals surface area contributed by atoms with Gasteiger partial charge in [0.1, 0.15) is 19.3 Å². The summed E-state index contributed by atoms with van der Waals surface area (Å²) in [6.07, 6.45) is 49.9. The maximum Gasteiger partial charge on any atom is 0.472 e. The van der Waals surface area contributed by atoms with Crippen LogP contribution in [0.3, 0.4) is 0 Å². The van der Waals surface area contributed by atoms with Crippen LogP contribution in [0.15, 0.2) is 0 Å². The van der Waals surface area contributed by atoms with Crippen LogP contribution in [0.25, 0.3) is 0 Å². The van der Waals surface area contributed by atoms with E-state index in [9.17, 15) is 43.2 Å². The molecular weight excluding hydrogens is 1250 g/mol. The summed E-state index contributed by atoms with van der Waals surface area (Å²) in [6.45, 7) is 14.2. The minimum Gasteiger partial charge on any atom is -0.462 e. The van der Waals surface area contributed by atoms with E-state index in [1.54, 1.807) is 0 Å². The first-order valence-corrected chi connectivity index (χ1v) is 42.3. The van der Waals surface area contributed by atoms with Crippen molar-refractivity contribution < 1.29 is 80.2 Å². The van der Waals surface area contributed by atoms with E-state index >= 15 is 0 Å². The maximum atomic E-state index is 13.1. The van der Waals surface area contributed by atoms with E-state index in [1.165, 1.54) is 180 Å². The third kappa shape index (κ3) is 67.6. The second-order valence-corrected chi connectivity index (χ2v) is 31.7. The van der Waals surface area contributed by atoms with Gasteiger partial charge in [0.15, 0.2) is 12.2 Å². The first-order chi connectivity index (χ1) is 45.7. The van der Waals surface area contributed by atoms with E-state index < -0.39 is 97.5 Å². The molecule has 0 aliphatic carbocycles. The van der Waals surface area contributed by atoms with Crippen LogP contribution in [0.1, 0.15) is 383 Å². The van der Waals surface area contributed by atoms with E-state index in [0.29, 0.717) is 25.7 Å². The molecule has 0 saturated heterocycles. The fraction of sp³-hybridized carbons (Fsp3) is 0.947. The molecule has 17 nitrogen and oxygen atoms in total. The fourth-order valence-corrected chi connectivity index (χ4v) is 13.1. The van der Waals surface area contributed by atoms with Crippen LogP contribution in [0.2, 0.25) is 0 Å². The van der Waals surface area contributed by atoms with Gasteiger partial charge >= 0.3 is 39.5 Å². The van der Waals surface area contributed by atoms with Crippen molar-refractivity contribution in [3.05, 3.63) is 0 Å². The number of ether oxygens (including phenoxy) is 4. The largest absolute Gasteiger partial charge is 0.472 e. The average molecular weight is 1400 g/mol. The number of phosphoric acid groups is 2. The Hall–Kier alpha value is -1.94. The number of aliphatic hydroxyl groups is 1. The minimum atomic E-state index is -4.96. The van der Waals surface area contributed by atoms with Crippen LogP contribution < -0.4 is 0 Å². The van der Waals surface area contributed by atoms with Crippen molar-refractivity contribution in [1.29, 1.82) is 0 Å². The van der Waals surface area contributed by atoms with Gasteiger partial charge in [-0.15, -0.1) is 0 Å². The quantitative estimate of drug-likeness (QED) is 0.0222. The van der Waals surface area contributed by atoms with Gasteiger partial charge in [-0.3, -0.25) is 37.3 Å². The molecule has 19 heteroatoms. The summed E-state index contributed by atoms with van der Waals surface area (Å²) >= 11 is 0. The van der Waals surface area contributed by atoms with Crippen molar-refractivity contribution >= 4 is 39.5 Å². The van der Waals surface area contributed by atoms with Gasteiger partial charge in [0.25, 0.3) is 0 Å². The molecule has 0 amide bonds. The van der Waals surface area contributed by atoms with E-state index in [0.717, 1.165) is 120 Å². The summed E-state index contributed by atoms with van der Waals surface area (Å²) in [6, 6.07) is 0. The van der Waals surface area contributed by atoms with Crippen LogP contribution in [0, 0.1) is 23.7 Å². The Bertz CT molecular complexity index is 1870. The predicted molar refractivity (Wildman–Crippen MR) is 386 cm³/mol. The summed E-state index contributed by atoms with van der Waals surface area (Å²) < 4.78 is 68.5. The summed E-state index contributed by atoms with van der Waals surface area (Å²) in [5, 5.41) is 10.6. The predicted octanol–water partition coefficient (Wildman–Crippen LogP) is 22.0.